The van der Waals surface area contributed by atoms with Gasteiger partial charge in [-0.15, -0.1) is 0 Å². The highest BCUT2D eigenvalue weighted by Crippen LogP contribution is 2.21. The van der Waals surface area contributed by atoms with E-state index in [1.165, 1.54) is 76.7 Å². The Morgan fingerprint density at radius 3 is 1.79 bits per heavy atom. The quantitative estimate of drug-likeness (QED) is 0.391. The molecule has 2 N–H and O–H groups in total. The first-order valence-corrected chi connectivity index (χ1v) is 9.70. The number of hydrogen-bond donors (Lipinski definition) is 2. The predicted molar refractivity (Wildman–Crippen MR) is 99.8 cm³/mol. The highest BCUT2D eigenvalue weighted by Gasteiger charge is 2.07. The average molecular weight is 334 g/mol. The van der Waals surface area contributed by atoms with Gasteiger partial charge in [-0.2, -0.15) is 0 Å². The summed E-state index contributed by atoms with van der Waals surface area (Å²) in [7, 11) is 0. The predicted octanol–water partition coefficient (Wildman–Crippen LogP) is 6.33. The number of rotatable bonds is 14. The zero-order valence-electron chi connectivity index (χ0n) is 15.2. The van der Waals surface area contributed by atoms with E-state index in [0.29, 0.717) is 0 Å². The van der Waals surface area contributed by atoms with Gasteiger partial charge in [0.25, 0.3) is 0 Å². The summed E-state index contributed by atoms with van der Waals surface area (Å²) in [5, 5.41) is 18.7. The van der Waals surface area contributed by atoms with Crippen LogP contribution >= 0.6 is 0 Å². The van der Waals surface area contributed by atoms with Gasteiger partial charge < -0.3 is 10.2 Å². The Kier molecular flexibility index (Phi) is 11.0. The van der Waals surface area contributed by atoms with Crippen molar-refractivity contribution in [3.8, 4) is 5.75 Å². The molecule has 1 rings (SSSR count). The minimum atomic E-state index is -0.998. The Morgan fingerprint density at radius 2 is 1.33 bits per heavy atom. The molecule has 136 valence electrons. The molecular weight excluding hydrogens is 300 g/mol. The van der Waals surface area contributed by atoms with Gasteiger partial charge in [-0.1, -0.05) is 83.6 Å². The summed E-state index contributed by atoms with van der Waals surface area (Å²) < 4.78 is 0. The lowest BCUT2D eigenvalue weighted by Gasteiger charge is -2.06. The highest BCUT2D eigenvalue weighted by atomic mass is 16.4. The number of carbonyl (C=O) groups is 1. The van der Waals surface area contributed by atoms with Gasteiger partial charge in [0.2, 0.25) is 0 Å². The largest absolute Gasteiger partial charge is 0.508 e. The number of unbranched alkanes of at least 4 members (excludes halogenated alkanes) is 11. The third-order valence-corrected chi connectivity index (χ3v) is 4.63. The van der Waals surface area contributed by atoms with Crippen LogP contribution in [-0.4, -0.2) is 16.2 Å². The average Bonchev–Trinajstić information content (AvgIpc) is 2.57. The number of aryl methyl sites for hydroxylation is 1. The van der Waals surface area contributed by atoms with Gasteiger partial charge in [-0.3, -0.25) is 0 Å². The Balaban J connectivity index is 2.00. The molecule has 0 aliphatic heterocycles. The van der Waals surface area contributed by atoms with Crippen molar-refractivity contribution in [2.75, 3.05) is 0 Å². The van der Waals surface area contributed by atoms with E-state index in [1.807, 2.05) is 0 Å². The summed E-state index contributed by atoms with van der Waals surface area (Å²) in [6.07, 6.45) is 16.6. The minimum Gasteiger partial charge on any atom is -0.508 e. The van der Waals surface area contributed by atoms with Crippen molar-refractivity contribution in [2.24, 2.45) is 0 Å². The maximum Gasteiger partial charge on any atom is 0.335 e. The van der Waals surface area contributed by atoms with Crippen LogP contribution in [0.5, 0.6) is 5.75 Å². The lowest BCUT2D eigenvalue weighted by molar-refractivity contribution is 0.0696. The second-order valence-electron chi connectivity index (χ2n) is 6.79. The lowest BCUT2D eigenvalue weighted by atomic mass is 10.0. The molecule has 1 aromatic rings. The van der Waals surface area contributed by atoms with Crippen LogP contribution in [0.1, 0.15) is 99.9 Å². The van der Waals surface area contributed by atoms with Crippen molar-refractivity contribution in [3.05, 3.63) is 29.3 Å². The minimum absolute atomic E-state index is 0.109. The fourth-order valence-corrected chi connectivity index (χ4v) is 3.06. The van der Waals surface area contributed by atoms with Gasteiger partial charge in [-0.05, 0) is 30.5 Å². The molecule has 0 heterocycles. The van der Waals surface area contributed by atoms with E-state index >= 15 is 0 Å². The lowest BCUT2D eigenvalue weighted by Crippen LogP contribution is -1.97. The van der Waals surface area contributed by atoms with Crippen molar-refractivity contribution in [3.63, 3.8) is 0 Å². The van der Waals surface area contributed by atoms with Crippen LogP contribution in [0.2, 0.25) is 0 Å². The smallest absolute Gasteiger partial charge is 0.335 e. The van der Waals surface area contributed by atoms with Crippen molar-refractivity contribution in [1.82, 2.24) is 0 Å². The van der Waals surface area contributed by atoms with Gasteiger partial charge >= 0.3 is 5.97 Å². The monoisotopic (exact) mass is 334 g/mol. The summed E-state index contributed by atoms with van der Waals surface area (Å²) in [4.78, 5) is 10.8. The van der Waals surface area contributed by atoms with Crippen LogP contribution in [0.3, 0.4) is 0 Å². The number of benzene rings is 1. The van der Waals surface area contributed by atoms with Gasteiger partial charge in [-0.25, -0.2) is 4.79 Å². The molecule has 0 unspecified atom stereocenters. The molecule has 1 aromatic carbocycles. The number of carboxylic acids is 1. The van der Waals surface area contributed by atoms with Crippen molar-refractivity contribution < 1.29 is 15.0 Å². The summed E-state index contributed by atoms with van der Waals surface area (Å²) in [5.41, 5.74) is 0.998. The van der Waals surface area contributed by atoms with Crippen LogP contribution in [0.4, 0.5) is 0 Å². The molecule has 0 fully saturated rings. The van der Waals surface area contributed by atoms with Crippen molar-refractivity contribution >= 4 is 5.97 Å². The van der Waals surface area contributed by atoms with E-state index in [0.717, 1.165) is 18.4 Å². The maximum atomic E-state index is 10.8. The topological polar surface area (TPSA) is 57.5 Å². The second-order valence-corrected chi connectivity index (χ2v) is 6.79. The number of carboxylic acid groups (broad SMARTS) is 1. The standard InChI is InChI=1S/C21H34O3/c1-2-3-4-5-6-7-8-9-10-11-12-13-14-18-15-16-19(21(23)24)17-20(18)22/h15-17,22H,2-14H2,1H3,(H,23,24). The summed E-state index contributed by atoms with van der Waals surface area (Å²) in [6, 6.07) is 4.65. The Hall–Kier alpha value is -1.51. The molecule has 0 aromatic heterocycles. The molecule has 0 atom stereocenters. The maximum absolute atomic E-state index is 10.8. The summed E-state index contributed by atoms with van der Waals surface area (Å²) in [6.45, 7) is 2.26. The zero-order valence-corrected chi connectivity index (χ0v) is 15.2. The Labute approximate surface area is 147 Å². The fourth-order valence-electron chi connectivity index (χ4n) is 3.06. The van der Waals surface area contributed by atoms with E-state index in [4.69, 9.17) is 5.11 Å². The van der Waals surface area contributed by atoms with E-state index in [9.17, 15) is 9.90 Å². The highest BCUT2D eigenvalue weighted by molar-refractivity contribution is 5.88. The number of hydrogen-bond acceptors (Lipinski definition) is 2. The van der Waals surface area contributed by atoms with Crippen LogP contribution < -0.4 is 0 Å². The van der Waals surface area contributed by atoms with E-state index in [1.54, 1.807) is 12.1 Å². The number of aromatic carboxylic acids is 1. The first-order valence-electron chi connectivity index (χ1n) is 9.70. The molecule has 3 heteroatoms. The number of aromatic hydroxyl groups is 1. The molecule has 0 saturated heterocycles. The molecule has 0 radical (unpaired) electrons. The SMILES string of the molecule is CCCCCCCCCCCCCCc1ccc(C(=O)O)cc1O. The molecule has 0 aliphatic rings. The van der Waals surface area contributed by atoms with E-state index in [2.05, 4.69) is 6.92 Å². The second kappa shape index (κ2) is 12.9. The van der Waals surface area contributed by atoms with Crippen LogP contribution in [0.15, 0.2) is 18.2 Å². The normalized spacial score (nSPS) is 10.9. The third kappa shape index (κ3) is 8.95. The van der Waals surface area contributed by atoms with Gasteiger partial charge in [0.15, 0.2) is 0 Å². The molecule has 0 spiro atoms. The van der Waals surface area contributed by atoms with Crippen LogP contribution in [-0.2, 0) is 6.42 Å². The summed E-state index contributed by atoms with van der Waals surface area (Å²) in [5.74, 6) is -0.889. The molecule has 0 amide bonds. The van der Waals surface area contributed by atoms with Gasteiger partial charge in [0, 0.05) is 0 Å². The molecular formula is C21H34O3. The molecule has 0 aliphatic carbocycles. The zero-order chi connectivity index (χ0) is 17.6. The van der Waals surface area contributed by atoms with Crippen LogP contribution in [0.25, 0.3) is 0 Å². The Morgan fingerprint density at radius 1 is 0.833 bits per heavy atom. The van der Waals surface area contributed by atoms with Gasteiger partial charge in [0.05, 0.1) is 5.56 Å². The first-order chi connectivity index (χ1) is 11.6. The van der Waals surface area contributed by atoms with Crippen molar-refractivity contribution in [2.45, 2.75) is 90.4 Å². The Bertz CT molecular complexity index is 468. The number of phenolic OH excluding ortho intramolecular Hbond substituents is 1. The van der Waals surface area contributed by atoms with Gasteiger partial charge in [0.1, 0.15) is 5.75 Å². The molecule has 0 saturated carbocycles. The molecule has 24 heavy (non-hydrogen) atoms. The molecule has 3 nitrogen and oxygen atoms in total. The van der Waals surface area contributed by atoms with E-state index in [-0.39, 0.29) is 11.3 Å². The van der Waals surface area contributed by atoms with Crippen molar-refractivity contribution in [1.29, 1.82) is 0 Å². The van der Waals surface area contributed by atoms with E-state index < -0.39 is 5.97 Å². The first kappa shape index (κ1) is 20.5. The summed E-state index contributed by atoms with van der Waals surface area (Å²) >= 11 is 0. The number of phenols is 1. The fraction of sp³-hybridized carbons (Fsp3) is 0.667. The molecule has 0 bridgehead atoms. The third-order valence-electron chi connectivity index (χ3n) is 4.63. The van der Waals surface area contributed by atoms with Crippen LogP contribution in [0, 0.1) is 0 Å².